The number of hydrogen-bond acceptors (Lipinski definition) is 4. The molecule has 0 bridgehead atoms. The van der Waals surface area contributed by atoms with E-state index >= 15 is 0 Å². The Labute approximate surface area is 141 Å². The van der Waals surface area contributed by atoms with Gasteiger partial charge in [-0.15, -0.1) is 0 Å². The van der Waals surface area contributed by atoms with E-state index in [2.05, 4.69) is 22.2 Å². The summed E-state index contributed by atoms with van der Waals surface area (Å²) in [5.74, 6) is 1.08. The number of benzene rings is 1. The monoisotopic (exact) mass is 387 g/mol. The highest BCUT2D eigenvalue weighted by Crippen LogP contribution is 2.32. The number of hydrogen-bond donors (Lipinski definition) is 0. The van der Waals surface area contributed by atoms with Crippen LogP contribution in [0.1, 0.15) is 12.0 Å². The third-order valence-corrected chi connectivity index (χ3v) is 5.37. The fraction of sp³-hybridized carbons (Fsp3) is 0.286. The van der Waals surface area contributed by atoms with Crippen molar-refractivity contribution in [1.82, 2.24) is 4.90 Å². The molecule has 6 heteroatoms. The molecule has 1 aromatic carbocycles. The normalized spacial score (nSPS) is 17.3. The van der Waals surface area contributed by atoms with Crippen LogP contribution in [-0.4, -0.2) is 33.7 Å². The Morgan fingerprint density at radius 3 is 2.75 bits per heavy atom. The van der Waals surface area contributed by atoms with Crippen molar-refractivity contribution in [3.05, 3.63) is 39.2 Å². The van der Waals surface area contributed by atoms with Crippen molar-refractivity contribution in [1.29, 1.82) is 0 Å². The molecule has 1 saturated heterocycles. The molecule has 0 atom stereocenters. The van der Waals surface area contributed by atoms with E-state index in [0.717, 1.165) is 22.2 Å². The summed E-state index contributed by atoms with van der Waals surface area (Å²) in [6, 6.07) is 7.88. The standard InChI is InChI=1S/C14H14BrNOS3/c1-19-8-2-7-16-13(17)12(20-14(16)18)9-10-3-5-11(15)6-4-10/h3-6,9H,2,7-8H2,1H3/b12-9-. The summed E-state index contributed by atoms with van der Waals surface area (Å²) in [7, 11) is 0. The van der Waals surface area contributed by atoms with Crippen LogP contribution in [0, 0.1) is 0 Å². The second-order valence-electron chi connectivity index (χ2n) is 4.23. The van der Waals surface area contributed by atoms with Gasteiger partial charge >= 0.3 is 0 Å². The van der Waals surface area contributed by atoms with Crippen LogP contribution in [0.4, 0.5) is 0 Å². The largest absolute Gasteiger partial charge is 0.293 e. The molecule has 0 aromatic heterocycles. The molecule has 1 heterocycles. The number of thioether (sulfide) groups is 2. The molecule has 1 aromatic rings. The van der Waals surface area contributed by atoms with Gasteiger partial charge in [0.15, 0.2) is 0 Å². The number of carbonyl (C=O) groups excluding carboxylic acids is 1. The van der Waals surface area contributed by atoms with Gasteiger partial charge < -0.3 is 0 Å². The lowest BCUT2D eigenvalue weighted by Gasteiger charge is -2.13. The number of thiocarbonyl (C=S) groups is 1. The smallest absolute Gasteiger partial charge is 0.266 e. The van der Waals surface area contributed by atoms with E-state index in [-0.39, 0.29) is 5.91 Å². The van der Waals surface area contributed by atoms with Gasteiger partial charge in [0.25, 0.3) is 5.91 Å². The molecule has 2 rings (SSSR count). The first-order chi connectivity index (χ1) is 9.61. The summed E-state index contributed by atoms with van der Waals surface area (Å²) in [4.78, 5) is 14.7. The van der Waals surface area contributed by atoms with Crippen LogP contribution >= 0.6 is 51.7 Å². The van der Waals surface area contributed by atoms with Gasteiger partial charge in [-0.05, 0) is 42.2 Å². The average molecular weight is 388 g/mol. The molecular weight excluding hydrogens is 374 g/mol. The van der Waals surface area contributed by atoms with Crippen molar-refractivity contribution >= 4 is 68.0 Å². The van der Waals surface area contributed by atoms with E-state index in [1.807, 2.05) is 30.3 Å². The van der Waals surface area contributed by atoms with E-state index in [1.54, 1.807) is 16.7 Å². The zero-order chi connectivity index (χ0) is 14.5. The summed E-state index contributed by atoms with van der Waals surface area (Å²) < 4.78 is 1.69. The third-order valence-electron chi connectivity index (χ3n) is 2.77. The lowest BCUT2D eigenvalue weighted by Crippen LogP contribution is -2.29. The minimum absolute atomic E-state index is 0.0315. The maximum absolute atomic E-state index is 12.3. The molecule has 1 aliphatic rings. The summed E-state index contributed by atoms with van der Waals surface area (Å²) >= 11 is 11.9. The van der Waals surface area contributed by atoms with Gasteiger partial charge in [-0.1, -0.05) is 52.0 Å². The van der Waals surface area contributed by atoms with Gasteiger partial charge in [-0.25, -0.2) is 0 Å². The van der Waals surface area contributed by atoms with E-state index in [1.165, 1.54) is 11.8 Å². The zero-order valence-corrected chi connectivity index (χ0v) is 15.0. The van der Waals surface area contributed by atoms with Crippen LogP contribution in [0.2, 0.25) is 0 Å². The van der Waals surface area contributed by atoms with Crippen LogP contribution < -0.4 is 0 Å². The van der Waals surface area contributed by atoms with Crippen LogP contribution in [0.5, 0.6) is 0 Å². The van der Waals surface area contributed by atoms with Gasteiger partial charge in [0, 0.05) is 11.0 Å². The highest BCUT2D eigenvalue weighted by Gasteiger charge is 2.31. The van der Waals surface area contributed by atoms with Crippen molar-refractivity contribution < 1.29 is 4.79 Å². The molecular formula is C14H14BrNOS3. The Morgan fingerprint density at radius 1 is 1.40 bits per heavy atom. The quantitative estimate of drug-likeness (QED) is 0.423. The molecule has 0 unspecified atom stereocenters. The van der Waals surface area contributed by atoms with Crippen molar-refractivity contribution in [2.75, 3.05) is 18.6 Å². The molecule has 0 saturated carbocycles. The molecule has 0 radical (unpaired) electrons. The van der Waals surface area contributed by atoms with Gasteiger partial charge in [0.05, 0.1) is 4.91 Å². The van der Waals surface area contributed by atoms with Crippen molar-refractivity contribution in [3.63, 3.8) is 0 Å². The number of rotatable bonds is 5. The molecule has 1 fully saturated rings. The number of halogens is 1. The van der Waals surface area contributed by atoms with Gasteiger partial charge in [0.1, 0.15) is 4.32 Å². The van der Waals surface area contributed by atoms with Crippen LogP contribution in [0.3, 0.4) is 0 Å². The van der Waals surface area contributed by atoms with Crippen molar-refractivity contribution in [3.8, 4) is 0 Å². The minimum atomic E-state index is 0.0315. The Bertz CT molecular complexity index is 542. The number of carbonyl (C=O) groups is 1. The molecule has 106 valence electrons. The maximum atomic E-state index is 12.3. The maximum Gasteiger partial charge on any atom is 0.266 e. The van der Waals surface area contributed by atoms with Crippen LogP contribution in [-0.2, 0) is 4.79 Å². The van der Waals surface area contributed by atoms with E-state index in [0.29, 0.717) is 15.8 Å². The minimum Gasteiger partial charge on any atom is -0.293 e. The fourth-order valence-corrected chi connectivity index (χ4v) is 3.76. The summed E-state index contributed by atoms with van der Waals surface area (Å²) in [6.45, 7) is 0.711. The Kier molecular flexibility index (Phi) is 6.14. The lowest BCUT2D eigenvalue weighted by atomic mass is 10.2. The molecule has 0 spiro atoms. The summed E-state index contributed by atoms with van der Waals surface area (Å²) in [5, 5.41) is 0. The molecule has 1 amide bonds. The fourth-order valence-electron chi connectivity index (χ4n) is 1.77. The number of nitrogens with zero attached hydrogens (tertiary/aromatic N) is 1. The molecule has 20 heavy (non-hydrogen) atoms. The van der Waals surface area contributed by atoms with Crippen LogP contribution in [0.15, 0.2) is 33.6 Å². The van der Waals surface area contributed by atoms with E-state index < -0.39 is 0 Å². The summed E-state index contributed by atoms with van der Waals surface area (Å²) in [6.07, 6.45) is 4.94. The second kappa shape index (κ2) is 7.64. The predicted octanol–water partition coefficient (Wildman–Crippen LogP) is 4.40. The first-order valence-corrected chi connectivity index (χ1v) is 9.53. The third kappa shape index (κ3) is 4.10. The Hall–Kier alpha value is -0.300. The Balaban J connectivity index is 2.09. The highest BCUT2D eigenvalue weighted by molar-refractivity contribution is 9.10. The van der Waals surface area contributed by atoms with Crippen molar-refractivity contribution in [2.45, 2.75) is 6.42 Å². The number of amides is 1. The average Bonchev–Trinajstić information content (AvgIpc) is 2.69. The second-order valence-corrected chi connectivity index (χ2v) is 7.81. The van der Waals surface area contributed by atoms with E-state index in [4.69, 9.17) is 12.2 Å². The summed E-state index contributed by atoms with van der Waals surface area (Å²) in [5.41, 5.74) is 1.01. The first kappa shape index (κ1) is 16.1. The van der Waals surface area contributed by atoms with Gasteiger partial charge in [-0.3, -0.25) is 9.69 Å². The molecule has 0 N–H and O–H groups in total. The van der Waals surface area contributed by atoms with Gasteiger partial charge in [0.2, 0.25) is 0 Å². The molecule has 1 aliphatic heterocycles. The SMILES string of the molecule is CSCCCN1C(=O)/C(=C/c2ccc(Br)cc2)SC1=S. The zero-order valence-electron chi connectivity index (χ0n) is 11.0. The lowest BCUT2D eigenvalue weighted by molar-refractivity contribution is -0.122. The molecule has 2 nitrogen and oxygen atoms in total. The van der Waals surface area contributed by atoms with Crippen LogP contribution in [0.25, 0.3) is 6.08 Å². The van der Waals surface area contributed by atoms with Crippen molar-refractivity contribution in [2.24, 2.45) is 0 Å². The Morgan fingerprint density at radius 2 is 2.10 bits per heavy atom. The first-order valence-electron chi connectivity index (χ1n) is 6.11. The molecule has 0 aliphatic carbocycles. The predicted molar refractivity (Wildman–Crippen MR) is 97.0 cm³/mol. The topological polar surface area (TPSA) is 20.3 Å². The highest BCUT2D eigenvalue weighted by atomic mass is 79.9. The van der Waals surface area contributed by atoms with Gasteiger partial charge in [-0.2, -0.15) is 11.8 Å². The van der Waals surface area contributed by atoms with E-state index in [9.17, 15) is 4.79 Å².